The summed E-state index contributed by atoms with van der Waals surface area (Å²) in [6, 6.07) is 13.6. The molecule has 2 aliphatic rings. The molecule has 2 fully saturated rings. The van der Waals surface area contributed by atoms with Crippen LogP contribution in [0.4, 0.5) is 0 Å². The van der Waals surface area contributed by atoms with Crippen LogP contribution in [0.2, 0.25) is 0 Å². The average molecular weight is 457 g/mol. The van der Waals surface area contributed by atoms with Crippen LogP contribution in [0.1, 0.15) is 51.2 Å². The first-order chi connectivity index (χ1) is 16.1. The zero-order valence-electron chi connectivity index (χ0n) is 20.6. The molecule has 6 nitrogen and oxygen atoms in total. The molecule has 0 radical (unpaired) electrons. The topological polar surface area (TPSA) is 76.3 Å². The maximum Gasteiger partial charge on any atom is 0.275 e. The monoisotopic (exact) mass is 456 g/mol. The molecule has 3 aromatic rings. The third-order valence-electron chi connectivity index (χ3n) is 8.64. The lowest BCUT2D eigenvalue weighted by molar-refractivity contribution is -0.121. The van der Waals surface area contributed by atoms with Crippen LogP contribution in [0.15, 0.2) is 52.4 Å². The van der Waals surface area contributed by atoms with Crippen molar-refractivity contribution in [2.45, 2.75) is 60.4 Å². The minimum Gasteiger partial charge on any atom is -0.271 e. The van der Waals surface area contributed by atoms with Crippen molar-refractivity contribution >= 4 is 22.4 Å². The van der Waals surface area contributed by atoms with Crippen LogP contribution in [0.5, 0.6) is 0 Å². The van der Waals surface area contributed by atoms with E-state index >= 15 is 0 Å². The van der Waals surface area contributed by atoms with E-state index in [9.17, 15) is 9.59 Å². The summed E-state index contributed by atoms with van der Waals surface area (Å²) in [5.41, 5.74) is 7.56. The van der Waals surface area contributed by atoms with Gasteiger partial charge >= 0.3 is 0 Å². The number of nitrogens with one attached hydrogen (secondary N) is 1. The van der Waals surface area contributed by atoms with E-state index in [0.717, 1.165) is 40.6 Å². The fourth-order valence-corrected chi connectivity index (χ4v) is 5.93. The molecule has 34 heavy (non-hydrogen) atoms. The normalized spacial score (nSPS) is 24.1. The van der Waals surface area contributed by atoms with Crippen molar-refractivity contribution in [3.05, 3.63) is 63.9 Å². The number of amides is 1. The maximum atomic E-state index is 13.2. The molecule has 176 valence electrons. The number of rotatable bonds is 4. The Morgan fingerprint density at radius 2 is 1.88 bits per heavy atom. The van der Waals surface area contributed by atoms with Crippen molar-refractivity contribution in [1.82, 2.24) is 15.2 Å². The molecular weight excluding hydrogens is 424 g/mol. The third-order valence-corrected chi connectivity index (χ3v) is 8.64. The number of carbonyl (C=O) groups is 1. The van der Waals surface area contributed by atoms with Gasteiger partial charge in [-0.05, 0) is 62.1 Å². The summed E-state index contributed by atoms with van der Waals surface area (Å²) < 4.78 is 1.27. The third kappa shape index (κ3) is 3.39. The molecule has 2 aliphatic carbocycles. The Morgan fingerprint density at radius 1 is 1.15 bits per heavy atom. The van der Waals surface area contributed by atoms with E-state index in [-0.39, 0.29) is 28.8 Å². The van der Waals surface area contributed by atoms with E-state index in [1.165, 1.54) is 11.1 Å². The van der Waals surface area contributed by atoms with E-state index in [0.29, 0.717) is 17.0 Å². The van der Waals surface area contributed by atoms with Gasteiger partial charge in [-0.25, -0.2) is 10.1 Å². The van der Waals surface area contributed by atoms with E-state index in [1.807, 2.05) is 32.0 Å². The van der Waals surface area contributed by atoms with E-state index in [4.69, 9.17) is 0 Å². The molecule has 5 rings (SSSR count). The fourth-order valence-electron chi connectivity index (χ4n) is 5.93. The van der Waals surface area contributed by atoms with E-state index in [1.54, 1.807) is 6.07 Å². The number of hydrazone groups is 1. The quantitative estimate of drug-likeness (QED) is 0.562. The lowest BCUT2D eigenvalue weighted by atomic mass is 9.70. The summed E-state index contributed by atoms with van der Waals surface area (Å²) >= 11 is 0. The van der Waals surface area contributed by atoms with Gasteiger partial charge in [-0.1, -0.05) is 56.7 Å². The summed E-state index contributed by atoms with van der Waals surface area (Å²) in [5.74, 6) is 0.270. The van der Waals surface area contributed by atoms with Crippen LogP contribution in [0, 0.1) is 30.6 Å². The van der Waals surface area contributed by atoms with Gasteiger partial charge in [0, 0.05) is 22.1 Å². The van der Waals surface area contributed by atoms with Gasteiger partial charge in [0.15, 0.2) is 0 Å². The van der Waals surface area contributed by atoms with Crippen molar-refractivity contribution in [3.8, 4) is 11.3 Å². The number of aryl methyl sites for hydroxylation is 2. The summed E-state index contributed by atoms with van der Waals surface area (Å²) in [4.78, 5) is 26.1. The van der Waals surface area contributed by atoms with Crippen LogP contribution in [-0.2, 0) is 11.3 Å². The molecular formula is C28H32N4O2. The van der Waals surface area contributed by atoms with Crippen molar-refractivity contribution in [2.24, 2.45) is 21.8 Å². The van der Waals surface area contributed by atoms with Crippen molar-refractivity contribution in [2.75, 3.05) is 0 Å². The molecule has 0 spiro atoms. The second kappa shape index (κ2) is 7.90. The van der Waals surface area contributed by atoms with Crippen LogP contribution in [0.3, 0.4) is 0 Å². The summed E-state index contributed by atoms with van der Waals surface area (Å²) in [6.45, 7) is 10.8. The van der Waals surface area contributed by atoms with E-state index in [2.05, 4.69) is 54.6 Å². The van der Waals surface area contributed by atoms with Crippen LogP contribution in [-0.4, -0.2) is 21.4 Å². The van der Waals surface area contributed by atoms with Crippen LogP contribution in [0.25, 0.3) is 22.0 Å². The lowest BCUT2D eigenvalue weighted by Crippen LogP contribution is -2.36. The van der Waals surface area contributed by atoms with Gasteiger partial charge in [0.1, 0.15) is 6.54 Å². The summed E-state index contributed by atoms with van der Waals surface area (Å²) in [7, 11) is 0. The number of hydrogen-bond donors (Lipinski definition) is 1. The molecule has 2 atom stereocenters. The van der Waals surface area contributed by atoms with Crippen molar-refractivity contribution in [3.63, 3.8) is 0 Å². The highest BCUT2D eigenvalue weighted by atomic mass is 16.2. The lowest BCUT2D eigenvalue weighted by Gasteiger charge is -2.34. The standard InChI is InChI=1S/C28H32N4O2/c1-17-10-11-18(2)22(14-17)25-20-8-6-7-9-21(20)26(34)32(31-25)16-24(33)30-29-23-15-19-12-13-28(23,5)27(19,3)4/h6-11,14,19H,12-13,15-16H2,1-5H3,(H,30,33)/b29-23+. The highest BCUT2D eigenvalue weighted by molar-refractivity contribution is 5.96. The second-order valence-electron chi connectivity index (χ2n) is 10.8. The Hall–Kier alpha value is -3.28. The number of hydrogen-bond acceptors (Lipinski definition) is 4. The fraction of sp³-hybridized carbons (Fsp3) is 0.429. The first kappa shape index (κ1) is 22.5. The Labute approximate surface area is 200 Å². The number of aromatic nitrogens is 2. The molecule has 2 aromatic carbocycles. The first-order valence-electron chi connectivity index (χ1n) is 12.1. The molecule has 2 saturated carbocycles. The molecule has 1 N–H and O–H groups in total. The van der Waals surface area contributed by atoms with Crippen molar-refractivity contribution < 1.29 is 4.79 Å². The van der Waals surface area contributed by atoms with E-state index < -0.39 is 0 Å². The summed E-state index contributed by atoms with van der Waals surface area (Å²) in [6.07, 6.45) is 3.24. The van der Waals surface area contributed by atoms with Gasteiger partial charge in [-0.2, -0.15) is 10.2 Å². The van der Waals surface area contributed by atoms with Crippen LogP contribution >= 0.6 is 0 Å². The SMILES string of the molecule is Cc1ccc(C)c(-c2nn(CC(=O)N/N=C3\CC4CCC3(C)C4(C)C)c(=O)c3ccccc23)c1. The van der Waals surface area contributed by atoms with Crippen LogP contribution < -0.4 is 11.0 Å². The molecule has 0 aliphatic heterocycles. The predicted molar refractivity (Wildman–Crippen MR) is 136 cm³/mol. The molecule has 0 saturated heterocycles. The minimum atomic E-state index is -0.339. The Bertz CT molecular complexity index is 1400. The molecule has 2 bridgehead atoms. The van der Waals surface area contributed by atoms with Gasteiger partial charge in [-0.3, -0.25) is 9.59 Å². The molecule has 1 amide bonds. The molecule has 1 aromatic heterocycles. The number of carbonyl (C=O) groups excluding carboxylic acids is 1. The predicted octanol–water partition coefficient (Wildman–Crippen LogP) is 5.00. The summed E-state index contributed by atoms with van der Waals surface area (Å²) in [5, 5.41) is 10.5. The molecule has 1 heterocycles. The molecule has 2 unspecified atom stereocenters. The zero-order chi connectivity index (χ0) is 24.3. The van der Waals surface area contributed by atoms with Gasteiger partial charge in [0.05, 0.1) is 11.1 Å². The first-order valence-corrected chi connectivity index (χ1v) is 12.1. The van der Waals surface area contributed by atoms with Gasteiger partial charge in [-0.15, -0.1) is 0 Å². The second-order valence-corrected chi connectivity index (χ2v) is 10.8. The van der Waals surface area contributed by atoms with Gasteiger partial charge < -0.3 is 0 Å². The zero-order valence-corrected chi connectivity index (χ0v) is 20.6. The highest BCUT2D eigenvalue weighted by Gasteiger charge is 2.60. The van der Waals surface area contributed by atoms with Gasteiger partial charge in [0.25, 0.3) is 11.5 Å². The van der Waals surface area contributed by atoms with Crippen molar-refractivity contribution in [1.29, 1.82) is 0 Å². The maximum absolute atomic E-state index is 13.2. The highest BCUT2D eigenvalue weighted by Crippen LogP contribution is 2.63. The number of fused-ring (bicyclic) bond motifs is 3. The Morgan fingerprint density at radius 3 is 2.56 bits per heavy atom. The van der Waals surface area contributed by atoms with Gasteiger partial charge in [0.2, 0.25) is 0 Å². The average Bonchev–Trinajstić information content (AvgIpc) is 3.15. The smallest absolute Gasteiger partial charge is 0.271 e. The largest absolute Gasteiger partial charge is 0.275 e. The molecule has 6 heteroatoms. The Balaban J connectivity index is 1.48. The Kier molecular flexibility index (Phi) is 5.23. The number of nitrogens with zero attached hydrogens (tertiary/aromatic N) is 3. The minimum absolute atomic E-state index is 0.0127. The number of benzene rings is 2.